The molecule has 1 atom stereocenters. The summed E-state index contributed by atoms with van der Waals surface area (Å²) in [7, 11) is -3.92. The number of aliphatic carboxylic acids is 1. The van der Waals surface area contributed by atoms with Crippen LogP contribution in [0, 0.1) is 0 Å². The van der Waals surface area contributed by atoms with E-state index in [1.54, 1.807) is 30.3 Å². The number of carboxylic acids is 1. The molecule has 1 aromatic heterocycles. The number of halogens is 1. The molecule has 0 aliphatic heterocycles. The van der Waals surface area contributed by atoms with Gasteiger partial charge in [0, 0.05) is 0 Å². The van der Waals surface area contributed by atoms with Crippen molar-refractivity contribution in [3.63, 3.8) is 0 Å². The highest BCUT2D eigenvalue weighted by molar-refractivity contribution is 9.11. The van der Waals surface area contributed by atoms with Gasteiger partial charge >= 0.3 is 5.97 Å². The zero-order valence-electron chi connectivity index (χ0n) is 15.1. The molecule has 0 saturated carbocycles. The third-order valence-electron chi connectivity index (χ3n) is 4.02. The number of ether oxygens (including phenoxy) is 1. The van der Waals surface area contributed by atoms with Crippen molar-refractivity contribution in [3.05, 3.63) is 81.6 Å². The Labute approximate surface area is 181 Å². The summed E-state index contributed by atoms with van der Waals surface area (Å²) in [5.41, 5.74) is 1.72. The first-order chi connectivity index (χ1) is 13.8. The van der Waals surface area contributed by atoms with Gasteiger partial charge < -0.3 is 9.84 Å². The van der Waals surface area contributed by atoms with Crippen molar-refractivity contribution in [2.24, 2.45) is 0 Å². The summed E-state index contributed by atoms with van der Waals surface area (Å²) in [5, 5.41) is 9.46. The van der Waals surface area contributed by atoms with Gasteiger partial charge in [0.25, 0.3) is 10.0 Å². The van der Waals surface area contributed by atoms with E-state index < -0.39 is 22.0 Å². The highest BCUT2D eigenvalue weighted by Crippen LogP contribution is 2.26. The van der Waals surface area contributed by atoms with Crippen molar-refractivity contribution < 1.29 is 23.1 Å². The maximum atomic E-state index is 12.4. The lowest BCUT2D eigenvalue weighted by molar-refractivity contribution is -0.138. The van der Waals surface area contributed by atoms with Gasteiger partial charge in [-0.2, -0.15) is 4.72 Å². The van der Waals surface area contributed by atoms with Gasteiger partial charge in [0.2, 0.25) is 0 Å². The fourth-order valence-electron chi connectivity index (χ4n) is 2.57. The number of rotatable bonds is 9. The van der Waals surface area contributed by atoms with Gasteiger partial charge in [-0.3, -0.25) is 4.79 Å². The van der Waals surface area contributed by atoms with Crippen LogP contribution in [0.4, 0.5) is 0 Å². The lowest BCUT2D eigenvalue weighted by atomic mass is 10.1. The van der Waals surface area contributed by atoms with Crippen LogP contribution in [0.3, 0.4) is 0 Å². The molecule has 9 heteroatoms. The first-order valence-corrected chi connectivity index (χ1v) is 11.7. The Morgan fingerprint density at radius 3 is 2.31 bits per heavy atom. The number of hydrogen-bond acceptors (Lipinski definition) is 5. The molecule has 0 amide bonds. The third kappa shape index (κ3) is 6.14. The maximum absolute atomic E-state index is 12.4. The zero-order chi connectivity index (χ0) is 20.9. The average Bonchev–Trinajstić information content (AvgIpc) is 3.15. The minimum atomic E-state index is -3.92. The number of hydrogen-bond donors (Lipinski definition) is 2. The quantitative estimate of drug-likeness (QED) is 0.466. The minimum Gasteiger partial charge on any atom is -0.489 e. The molecule has 0 aliphatic rings. The van der Waals surface area contributed by atoms with E-state index in [9.17, 15) is 18.3 Å². The van der Waals surface area contributed by atoms with E-state index in [-0.39, 0.29) is 10.6 Å². The van der Waals surface area contributed by atoms with Crippen LogP contribution in [0.1, 0.15) is 11.1 Å². The van der Waals surface area contributed by atoms with Crippen LogP contribution in [0.5, 0.6) is 5.75 Å². The Bertz CT molecular complexity index is 1070. The minimum absolute atomic E-state index is 0.0140. The molecular formula is C20H18BrNO5S2. The Hall–Kier alpha value is -2.20. The average molecular weight is 496 g/mol. The molecule has 2 aromatic carbocycles. The van der Waals surface area contributed by atoms with Crippen molar-refractivity contribution in [2.45, 2.75) is 23.3 Å². The lowest BCUT2D eigenvalue weighted by Gasteiger charge is -2.14. The summed E-state index contributed by atoms with van der Waals surface area (Å²) in [6, 6.07) is 18.4. The molecule has 0 radical (unpaired) electrons. The van der Waals surface area contributed by atoms with E-state index in [2.05, 4.69) is 20.7 Å². The molecule has 0 saturated heterocycles. The lowest BCUT2D eigenvalue weighted by Crippen LogP contribution is -2.42. The van der Waals surface area contributed by atoms with Gasteiger partial charge in [0.15, 0.2) is 0 Å². The first-order valence-electron chi connectivity index (χ1n) is 8.59. The molecule has 152 valence electrons. The predicted octanol–water partition coefficient (Wildman–Crippen LogP) is 4.06. The van der Waals surface area contributed by atoms with Gasteiger partial charge in [-0.25, -0.2) is 8.42 Å². The number of carbonyl (C=O) groups is 1. The number of nitrogens with one attached hydrogen (secondary N) is 1. The second-order valence-corrected chi connectivity index (χ2v) is 10.6. The maximum Gasteiger partial charge on any atom is 0.322 e. The van der Waals surface area contributed by atoms with Crippen molar-refractivity contribution in [3.8, 4) is 5.75 Å². The van der Waals surface area contributed by atoms with E-state index >= 15 is 0 Å². The topological polar surface area (TPSA) is 92.7 Å². The molecular weight excluding hydrogens is 478 g/mol. The summed E-state index contributed by atoms with van der Waals surface area (Å²) < 4.78 is 33.5. The van der Waals surface area contributed by atoms with Crippen molar-refractivity contribution in [2.75, 3.05) is 0 Å². The molecule has 1 heterocycles. The zero-order valence-corrected chi connectivity index (χ0v) is 18.3. The largest absolute Gasteiger partial charge is 0.489 e. The van der Waals surface area contributed by atoms with Crippen LogP contribution in [-0.4, -0.2) is 25.5 Å². The highest BCUT2D eigenvalue weighted by atomic mass is 79.9. The fourth-order valence-corrected chi connectivity index (χ4v) is 5.78. The van der Waals surface area contributed by atoms with Crippen LogP contribution in [0.25, 0.3) is 0 Å². The smallest absolute Gasteiger partial charge is 0.322 e. The van der Waals surface area contributed by atoms with Crippen LogP contribution in [0.2, 0.25) is 0 Å². The first kappa shape index (κ1) is 21.5. The van der Waals surface area contributed by atoms with E-state index in [0.717, 1.165) is 16.9 Å². The van der Waals surface area contributed by atoms with Gasteiger partial charge in [0.1, 0.15) is 22.6 Å². The van der Waals surface area contributed by atoms with Gasteiger partial charge in [0.05, 0.1) is 3.79 Å². The fraction of sp³-hybridized carbons (Fsp3) is 0.150. The molecule has 0 bridgehead atoms. The van der Waals surface area contributed by atoms with Crippen molar-refractivity contribution in [1.29, 1.82) is 0 Å². The standard InChI is InChI=1S/C20H18BrNO5S2/c21-18-10-11-19(28-18)29(25,26)22-17(20(23)24)12-14-6-8-16(9-7-14)27-13-15-4-2-1-3-5-15/h1-11,17,22H,12-13H2,(H,23,24)/t17-/m1/s1. The molecule has 3 aromatic rings. The van der Waals surface area contributed by atoms with Gasteiger partial charge in [-0.05, 0) is 57.7 Å². The van der Waals surface area contributed by atoms with Gasteiger partial charge in [-0.1, -0.05) is 42.5 Å². The Kier molecular flexibility index (Phi) is 7.07. The number of carboxylic acid groups (broad SMARTS) is 1. The second-order valence-electron chi connectivity index (χ2n) is 6.19. The van der Waals surface area contributed by atoms with Crippen LogP contribution < -0.4 is 9.46 Å². The van der Waals surface area contributed by atoms with Crippen LogP contribution in [0.15, 0.2) is 74.7 Å². The third-order valence-corrected chi connectivity index (χ3v) is 7.61. The van der Waals surface area contributed by atoms with E-state index in [4.69, 9.17) is 4.74 Å². The predicted molar refractivity (Wildman–Crippen MR) is 115 cm³/mol. The number of thiophene rings is 1. The molecule has 6 nitrogen and oxygen atoms in total. The number of sulfonamides is 1. The van der Waals surface area contributed by atoms with Gasteiger partial charge in [-0.15, -0.1) is 11.3 Å². The van der Waals surface area contributed by atoms with E-state index in [0.29, 0.717) is 21.7 Å². The van der Waals surface area contributed by atoms with E-state index in [1.165, 1.54) is 6.07 Å². The highest BCUT2D eigenvalue weighted by Gasteiger charge is 2.26. The Morgan fingerprint density at radius 1 is 1.03 bits per heavy atom. The molecule has 0 fully saturated rings. The van der Waals surface area contributed by atoms with Crippen molar-refractivity contribution >= 4 is 43.3 Å². The molecule has 0 aliphatic carbocycles. The molecule has 2 N–H and O–H groups in total. The summed E-state index contributed by atoms with van der Waals surface area (Å²) >= 11 is 4.22. The molecule has 0 spiro atoms. The summed E-state index contributed by atoms with van der Waals surface area (Å²) in [5.74, 6) is -0.595. The monoisotopic (exact) mass is 495 g/mol. The Morgan fingerprint density at radius 2 is 1.72 bits per heavy atom. The molecule has 29 heavy (non-hydrogen) atoms. The van der Waals surface area contributed by atoms with Crippen LogP contribution >= 0.6 is 27.3 Å². The SMILES string of the molecule is O=C(O)[C@@H](Cc1ccc(OCc2ccccc2)cc1)NS(=O)(=O)c1ccc(Br)s1. The molecule has 0 unspecified atom stereocenters. The number of benzene rings is 2. The summed E-state index contributed by atoms with van der Waals surface area (Å²) in [6.07, 6.45) is 0.0140. The summed E-state index contributed by atoms with van der Waals surface area (Å²) in [4.78, 5) is 11.6. The van der Waals surface area contributed by atoms with Crippen molar-refractivity contribution in [1.82, 2.24) is 4.72 Å². The van der Waals surface area contributed by atoms with Crippen LogP contribution in [-0.2, 0) is 27.8 Å². The molecule has 3 rings (SSSR count). The Balaban J connectivity index is 1.64. The second kappa shape index (κ2) is 9.53. The normalized spacial score (nSPS) is 12.4. The summed E-state index contributed by atoms with van der Waals surface area (Å²) in [6.45, 7) is 0.425. The van der Waals surface area contributed by atoms with E-state index in [1.807, 2.05) is 30.3 Å².